The Labute approximate surface area is 115 Å². The molecule has 6 nitrogen and oxygen atoms in total. The van der Waals surface area contributed by atoms with Gasteiger partial charge in [0.05, 0.1) is 11.4 Å². The van der Waals surface area contributed by atoms with Gasteiger partial charge in [0.25, 0.3) is 0 Å². The topological polar surface area (TPSA) is 81.5 Å². The van der Waals surface area contributed by atoms with Crippen LogP contribution < -0.4 is 9.47 Å². The number of carboxylic acids is 1. The van der Waals surface area contributed by atoms with Gasteiger partial charge in [0.15, 0.2) is 17.3 Å². The largest absolute Gasteiger partial charge is 0.478 e. The number of fused-ring (bicyclic) bond motifs is 1. The molecule has 0 atom stereocenters. The van der Waals surface area contributed by atoms with E-state index in [0.717, 1.165) is 5.56 Å². The van der Waals surface area contributed by atoms with Crippen LogP contribution in [0.2, 0.25) is 0 Å². The maximum absolute atomic E-state index is 11.1. The number of benzene rings is 1. The van der Waals surface area contributed by atoms with E-state index in [9.17, 15) is 4.79 Å². The zero-order chi connectivity index (χ0) is 14.3. The first-order valence-electron chi connectivity index (χ1n) is 6.05. The lowest BCUT2D eigenvalue weighted by Gasteiger charge is -2.08. The smallest absolute Gasteiger partial charge is 0.339 e. The van der Waals surface area contributed by atoms with Gasteiger partial charge in [0.1, 0.15) is 5.56 Å². The Bertz CT molecular complexity index is 689. The molecule has 0 amide bonds. The summed E-state index contributed by atoms with van der Waals surface area (Å²) in [5.41, 5.74) is 1.79. The number of nitrogens with zero attached hydrogens (tertiary/aromatic N) is 2. The number of aromatic carboxylic acids is 1. The lowest BCUT2D eigenvalue weighted by molar-refractivity contribution is 0.0694. The second-order valence-electron chi connectivity index (χ2n) is 4.47. The molecule has 0 saturated heterocycles. The molecule has 102 valence electrons. The Hall–Kier alpha value is -2.63. The van der Waals surface area contributed by atoms with E-state index in [1.807, 2.05) is 6.07 Å². The van der Waals surface area contributed by atoms with E-state index in [4.69, 9.17) is 14.6 Å². The highest BCUT2D eigenvalue weighted by atomic mass is 16.7. The van der Waals surface area contributed by atoms with Crippen molar-refractivity contribution in [2.75, 3.05) is 6.79 Å². The monoisotopic (exact) mass is 272 g/mol. The van der Waals surface area contributed by atoms with Gasteiger partial charge in [-0.2, -0.15) is 0 Å². The van der Waals surface area contributed by atoms with E-state index in [2.05, 4.69) is 9.97 Å². The molecule has 2 aromatic rings. The summed E-state index contributed by atoms with van der Waals surface area (Å²) in [6, 6.07) is 5.40. The van der Waals surface area contributed by atoms with Crippen molar-refractivity contribution >= 4 is 5.97 Å². The number of rotatable bonds is 2. The Balaban J connectivity index is 2.09. The quantitative estimate of drug-likeness (QED) is 0.902. The molecule has 1 aliphatic rings. The minimum Gasteiger partial charge on any atom is -0.478 e. The third-order valence-corrected chi connectivity index (χ3v) is 3.12. The molecule has 0 saturated carbocycles. The number of hydrogen-bond acceptors (Lipinski definition) is 5. The van der Waals surface area contributed by atoms with Gasteiger partial charge in [-0.15, -0.1) is 0 Å². The number of hydrogen-bond donors (Lipinski definition) is 1. The summed E-state index contributed by atoms with van der Waals surface area (Å²) in [6.45, 7) is 3.53. The lowest BCUT2D eigenvalue weighted by atomic mass is 10.1. The zero-order valence-electron chi connectivity index (χ0n) is 11.0. The predicted molar refractivity (Wildman–Crippen MR) is 70.0 cm³/mol. The normalized spacial score (nSPS) is 12.5. The number of aryl methyl sites for hydroxylation is 2. The second kappa shape index (κ2) is 4.48. The zero-order valence-corrected chi connectivity index (χ0v) is 11.0. The molecule has 1 aromatic heterocycles. The Kier molecular flexibility index (Phi) is 2.78. The fourth-order valence-corrected chi connectivity index (χ4v) is 2.19. The van der Waals surface area contributed by atoms with Crippen molar-refractivity contribution in [3.8, 4) is 22.9 Å². The number of carboxylic acid groups (broad SMARTS) is 1. The first-order chi connectivity index (χ1) is 9.56. The van der Waals surface area contributed by atoms with E-state index in [-0.39, 0.29) is 12.4 Å². The van der Waals surface area contributed by atoms with Crippen LogP contribution in [-0.2, 0) is 0 Å². The van der Waals surface area contributed by atoms with Crippen LogP contribution in [0.15, 0.2) is 18.2 Å². The van der Waals surface area contributed by atoms with Crippen LogP contribution in [0.1, 0.15) is 21.7 Å². The van der Waals surface area contributed by atoms with Crippen LogP contribution in [-0.4, -0.2) is 27.8 Å². The third kappa shape index (κ3) is 1.95. The van der Waals surface area contributed by atoms with Gasteiger partial charge in [0.2, 0.25) is 6.79 Å². The van der Waals surface area contributed by atoms with Gasteiger partial charge in [-0.05, 0) is 32.0 Å². The highest BCUT2D eigenvalue weighted by Gasteiger charge is 2.18. The average molecular weight is 272 g/mol. The van der Waals surface area contributed by atoms with Crippen LogP contribution in [0.3, 0.4) is 0 Å². The molecule has 1 aliphatic heterocycles. The first-order valence-corrected chi connectivity index (χ1v) is 6.05. The van der Waals surface area contributed by atoms with Crippen LogP contribution in [0.5, 0.6) is 11.5 Å². The summed E-state index contributed by atoms with van der Waals surface area (Å²) in [5.74, 6) is 0.786. The standard InChI is InChI=1S/C14H12N2O4/c1-7-12(14(17)18)8(2)16-13(15-7)9-3-4-10-11(5-9)20-6-19-10/h3-5H,6H2,1-2H3,(H,17,18). The molecule has 6 heteroatoms. The highest BCUT2D eigenvalue weighted by molar-refractivity contribution is 5.90. The molecule has 0 spiro atoms. The van der Waals surface area contributed by atoms with Gasteiger partial charge < -0.3 is 14.6 Å². The van der Waals surface area contributed by atoms with Crippen molar-refractivity contribution in [2.24, 2.45) is 0 Å². The second-order valence-corrected chi connectivity index (χ2v) is 4.47. The fraction of sp³-hybridized carbons (Fsp3) is 0.214. The van der Waals surface area contributed by atoms with Crippen molar-refractivity contribution in [1.29, 1.82) is 0 Å². The molecule has 0 aliphatic carbocycles. The van der Waals surface area contributed by atoms with Crippen LogP contribution in [0.25, 0.3) is 11.4 Å². The minimum atomic E-state index is -1.02. The molecule has 0 fully saturated rings. The van der Waals surface area contributed by atoms with Crippen LogP contribution in [0.4, 0.5) is 0 Å². The summed E-state index contributed by atoms with van der Waals surface area (Å²) in [5, 5.41) is 9.12. The molecule has 1 N–H and O–H groups in total. The van der Waals surface area contributed by atoms with Gasteiger partial charge >= 0.3 is 5.97 Å². The number of carbonyl (C=O) groups is 1. The van der Waals surface area contributed by atoms with Crippen molar-refractivity contribution in [2.45, 2.75) is 13.8 Å². The summed E-state index contributed by atoms with van der Waals surface area (Å²) in [6.07, 6.45) is 0. The molecule has 0 bridgehead atoms. The third-order valence-electron chi connectivity index (χ3n) is 3.12. The Morgan fingerprint density at radius 3 is 2.45 bits per heavy atom. The number of ether oxygens (including phenoxy) is 2. The summed E-state index contributed by atoms with van der Waals surface area (Å²) >= 11 is 0. The molecule has 1 aromatic carbocycles. The number of aromatic nitrogens is 2. The lowest BCUT2D eigenvalue weighted by Crippen LogP contribution is -2.08. The minimum absolute atomic E-state index is 0.148. The summed E-state index contributed by atoms with van der Waals surface area (Å²) < 4.78 is 10.6. The SMILES string of the molecule is Cc1nc(-c2ccc3c(c2)OCO3)nc(C)c1C(=O)O. The average Bonchev–Trinajstić information content (AvgIpc) is 2.84. The Morgan fingerprint density at radius 1 is 1.15 bits per heavy atom. The molecule has 0 unspecified atom stereocenters. The van der Waals surface area contributed by atoms with E-state index in [1.165, 1.54) is 0 Å². The van der Waals surface area contributed by atoms with Crippen molar-refractivity contribution < 1.29 is 19.4 Å². The van der Waals surface area contributed by atoms with Gasteiger partial charge in [-0.3, -0.25) is 0 Å². The molecule has 0 radical (unpaired) electrons. The first kappa shape index (κ1) is 12.4. The predicted octanol–water partition coefficient (Wildman–Crippen LogP) is 2.19. The van der Waals surface area contributed by atoms with E-state index in [1.54, 1.807) is 26.0 Å². The van der Waals surface area contributed by atoms with Crippen molar-refractivity contribution in [3.05, 3.63) is 35.2 Å². The highest BCUT2D eigenvalue weighted by Crippen LogP contribution is 2.35. The van der Waals surface area contributed by atoms with Crippen LogP contribution in [0, 0.1) is 13.8 Å². The fourth-order valence-electron chi connectivity index (χ4n) is 2.19. The maximum atomic E-state index is 11.1. The van der Waals surface area contributed by atoms with Crippen LogP contribution >= 0.6 is 0 Å². The summed E-state index contributed by atoms with van der Waals surface area (Å²) in [4.78, 5) is 19.7. The van der Waals surface area contributed by atoms with Gasteiger partial charge in [0, 0.05) is 5.56 Å². The van der Waals surface area contributed by atoms with E-state index < -0.39 is 5.97 Å². The van der Waals surface area contributed by atoms with E-state index in [0.29, 0.717) is 28.7 Å². The summed E-state index contributed by atoms with van der Waals surface area (Å²) in [7, 11) is 0. The Morgan fingerprint density at radius 2 is 1.80 bits per heavy atom. The van der Waals surface area contributed by atoms with Crippen molar-refractivity contribution in [1.82, 2.24) is 9.97 Å². The molecular weight excluding hydrogens is 260 g/mol. The molecule has 3 rings (SSSR count). The molecular formula is C14H12N2O4. The van der Waals surface area contributed by atoms with Gasteiger partial charge in [-0.1, -0.05) is 0 Å². The van der Waals surface area contributed by atoms with Crippen molar-refractivity contribution in [3.63, 3.8) is 0 Å². The van der Waals surface area contributed by atoms with Gasteiger partial charge in [-0.25, -0.2) is 14.8 Å². The molecule has 2 heterocycles. The maximum Gasteiger partial charge on any atom is 0.339 e. The molecule has 20 heavy (non-hydrogen) atoms. The van der Waals surface area contributed by atoms with E-state index >= 15 is 0 Å².